The number of carbonyl (C=O) groups excluding carboxylic acids is 1. The molecule has 2 fully saturated rings. The third-order valence-electron chi connectivity index (χ3n) is 6.15. The Morgan fingerprint density at radius 3 is 2.65 bits per heavy atom. The number of piperidine rings is 1. The van der Waals surface area contributed by atoms with Crippen LogP contribution in [0.3, 0.4) is 0 Å². The van der Waals surface area contributed by atoms with Gasteiger partial charge < -0.3 is 20.1 Å². The van der Waals surface area contributed by atoms with E-state index >= 15 is 0 Å². The SMILES string of the molecule is CSc1ncc2cc(-c3c(O)cccc3Cl)c(N3CC4C(C3)C4NC(=O)OC(C)(C)C)nc2n1. The number of hydrogen-bond donors (Lipinski definition) is 2. The van der Waals surface area contributed by atoms with Crippen LogP contribution in [0.15, 0.2) is 35.6 Å². The number of benzene rings is 1. The van der Waals surface area contributed by atoms with E-state index in [2.05, 4.69) is 20.2 Å². The molecule has 3 aromatic rings. The zero-order valence-corrected chi connectivity index (χ0v) is 20.9. The molecule has 1 amide bonds. The monoisotopic (exact) mass is 499 g/mol. The Morgan fingerprint density at radius 2 is 2.00 bits per heavy atom. The standard InChI is InChI=1S/C24H26ClN5O3S/c1-24(2,3)33-23(32)27-19-14-10-30(11-15(14)19)21-13(18-16(25)6-5-7-17(18)31)8-12-9-26-22(34-4)29-20(12)28-21/h5-9,14-15,19,31H,10-11H2,1-4H3,(H,27,32). The summed E-state index contributed by atoms with van der Waals surface area (Å²) in [5.74, 6) is 1.42. The fourth-order valence-electron chi connectivity index (χ4n) is 4.60. The second-order valence-electron chi connectivity index (χ2n) is 9.67. The van der Waals surface area contributed by atoms with E-state index in [1.54, 1.807) is 24.4 Å². The van der Waals surface area contributed by atoms with E-state index in [4.69, 9.17) is 21.3 Å². The number of nitrogens with zero attached hydrogens (tertiary/aromatic N) is 4. The van der Waals surface area contributed by atoms with Crippen molar-refractivity contribution < 1.29 is 14.6 Å². The van der Waals surface area contributed by atoms with Crippen LogP contribution in [-0.2, 0) is 4.74 Å². The number of phenols is 1. The van der Waals surface area contributed by atoms with Gasteiger partial charge in [0.25, 0.3) is 0 Å². The smallest absolute Gasteiger partial charge is 0.407 e. The van der Waals surface area contributed by atoms with E-state index in [1.807, 2.05) is 33.1 Å². The van der Waals surface area contributed by atoms with Crippen molar-refractivity contribution in [1.29, 1.82) is 0 Å². The van der Waals surface area contributed by atoms with Gasteiger partial charge in [0, 0.05) is 53.7 Å². The predicted molar refractivity (Wildman–Crippen MR) is 134 cm³/mol. The summed E-state index contributed by atoms with van der Waals surface area (Å²) >= 11 is 7.97. The van der Waals surface area contributed by atoms with Gasteiger partial charge in [-0.25, -0.2) is 19.7 Å². The molecule has 1 saturated carbocycles. The molecular formula is C24H26ClN5O3S. The first-order chi connectivity index (χ1) is 16.1. The maximum atomic E-state index is 12.2. The van der Waals surface area contributed by atoms with Gasteiger partial charge in [-0.15, -0.1) is 0 Å². The first-order valence-corrected chi connectivity index (χ1v) is 12.7. The number of aromatic hydroxyl groups is 1. The molecule has 0 bridgehead atoms. The van der Waals surface area contributed by atoms with Gasteiger partial charge in [-0.2, -0.15) is 0 Å². The highest BCUT2D eigenvalue weighted by Gasteiger charge is 2.57. The van der Waals surface area contributed by atoms with Gasteiger partial charge in [0.1, 0.15) is 17.2 Å². The Bertz CT molecular complexity index is 1250. The maximum Gasteiger partial charge on any atom is 0.407 e. The zero-order chi connectivity index (χ0) is 24.2. The van der Waals surface area contributed by atoms with Crippen molar-refractivity contribution in [2.75, 3.05) is 24.2 Å². The van der Waals surface area contributed by atoms with Crippen LogP contribution in [0.25, 0.3) is 22.2 Å². The van der Waals surface area contributed by atoms with E-state index < -0.39 is 5.60 Å². The van der Waals surface area contributed by atoms with Crippen molar-refractivity contribution in [3.8, 4) is 16.9 Å². The molecule has 2 atom stereocenters. The van der Waals surface area contributed by atoms with Gasteiger partial charge in [0.2, 0.25) is 0 Å². The summed E-state index contributed by atoms with van der Waals surface area (Å²) in [5.41, 5.74) is 1.33. The molecule has 34 heavy (non-hydrogen) atoms. The molecule has 8 nitrogen and oxygen atoms in total. The van der Waals surface area contributed by atoms with Gasteiger partial charge in [-0.05, 0) is 45.2 Å². The average Bonchev–Trinajstić information content (AvgIpc) is 3.19. The van der Waals surface area contributed by atoms with Gasteiger partial charge in [0.15, 0.2) is 10.8 Å². The molecule has 2 N–H and O–H groups in total. The van der Waals surface area contributed by atoms with Gasteiger partial charge >= 0.3 is 6.09 Å². The van der Waals surface area contributed by atoms with Crippen LogP contribution in [0, 0.1) is 11.8 Å². The molecule has 2 unspecified atom stereocenters. The number of halogens is 1. The van der Waals surface area contributed by atoms with Gasteiger partial charge in [-0.1, -0.05) is 29.4 Å². The summed E-state index contributed by atoms with van der Waals surface area (Å²) in [6, 6.07) is 7.10. The number of amides is 1. The zero-order valence-electron chi connectivity index (χ0n) is 19.4. The molecule has 0 radical (unpaired) electrons. The summed E-state index contributed by atoms with van der Waals surface area (Å²) < 4.78 is 5.40. The number of anilines is 1. The Morgan fingerprint density at radius 1 is 1.26 bits per heavy atom. The third kappa shape index (κ3) is 4.34. The topological polar surface area (TPSA) is 100 Å². The number of aromatic nitrogens is 3. The minimum absolute atomic E-state index is 0.0883. The van der Waals surface area contributed by atoms with Gasteiger partial charge in [0.05, 0.1) is 5.02 Å². The Balaban J connectivity index is 1.46. The summed E-state index contributed by atoms with van der Waals surface area (Å²) in [7, 11) is 0. The Kier molecular flexibility index (Phi) is 5.72. The van der Waals surface area contributed by atoms with Crippen molar-refractivity contribution in [2.45, 2.75) is 37.6 Å². The molecule has 1 aliphatic carbocycles. The highest BCUT2D eigenvalue weighted by Crippen LogP contribution is 2.49. The molecule has 2 aromatic heterocycles. The molecule has 1 saturated heterocycles. The normalized spacial score (nSPS) is 21.4. The first kappa shape index (κ1) is 23.0. The number of alkyl carbamates (subject to hydrolysis) is 1. The number of hydrogen-bond acceptors (Lipinski definition) is 8. The Hall–Kier alpha value is -2.78. The number of phenolic OH excluding ortho intramolecular Hbond substituents is 1. The second kappa shape index (κ2) is 8.46. The maximum absolute atomic E-state index is 12.2. The number of carbonyl (C=O) groups is 1. The average molecular weight is 500 g/mol. The molecular weight excluding hydrogens is 474 g/mol. The number of thioether (sulfide) groups is 1. The van der Waals surface area contributed by atoms with Gasteiger partial charge in [-0.3, -0.25) is 0 Å². The molecule has 10 heteroatoms. The summed E-state index contributed by atoms with van der Waals surface area (Å²) in [5, 5.41) is 15.5. The largest absolute Gasteiger partial charge is 0.507 e. The van der Waals surface area contributed by atoms with E-state index in [1.165, 1.54) is 11.8 Å². The molecule has 5 rings (SSSR count). The van der Waals surface area contributed by atoms with Crippen LogP contribution in [0.1, 0.15) is 20.8 Å². The van der Waals surface area contributed by atoms with Crippen LogP contribution < -0.4 is 10.2 Å². The van der Waals surface area contributed by atoms with Crippen molar-refractivity contribution in [3.63, 3.8) is 0 Å². The highest BCUT2D eigenvalue weighted by atomic mass is 35.5. The van der Waals surface area contributed by atoms with E-state index in [0.717, 1.165) is 24.0 Å². The van der Waals surface area contributed by atoms with Crippen LogP contribution in [0.2, 0.25) is 5.02 Å². The fourth-order valence-corrected chi connectivity index (χ4v) is 5.21. The molecule has 1 aliphatic heterocycles. The van der Waals surface area contributed by atoms with Crippen LogP contribution in [0.4, 0.5) is 10.6 Å². The minimum Gasteiger partial charge on any atom is -0.507 e. The molecule has 0 spiro atoms. The first-order valence-electron chi connectivity index (χ1n) is 11.1. The van der Waals surface area contributed by atoms with E-state index in [0.29, 0.717) is 39.0 Å². The summed E-state index contributed by atoms with van der Waals surface area (Å²) in [6.45, 7) is 7.01. The van der Waals surface area contributed by atoms with Crippen molar-refractivity contribution in [3.05, 3.63) is 35.5 Å². The lowest BCUT2D eigenvalue weighted by Crippen LogP contribution is -2.38. The highest BCUT2D eigenvalue weighted by molar-refractivity contribution is 7.98. The van der Waals surface area contributed by atoms with Crippen molar-refractivity contribution in [1.82, 2.24) is 20.3 Å². The number of ether oxygens (including phenoxy) is 1. The van der Waals surface area contributed by atoms with E-state index in [-0.39, 0.29) is 17.9 Å². The molecule has 1 aromatic carbocycles. The third-order valence-corrected chi connectivity index (χ3v) is 7.02. The molecule has 2 aliphatic rings. The Labute approximate surface area is 207 Å². The summed E-state index contributed by atoms with van der Waals surface area (Å²) in [4.78, 5) is 28.2. The lowest BCUT2D eigenvalue weighted by molar-refractivity contribution is 0.0518. The number of rotatable bonds is 4. The number of fused-ring (bicyclic) bond motifs is 2. The molecule has 3 heterocycles. The minimum atomic E-state index is -0.529. The summed E-state index contributed by atoms with van der Waals surface area (Å²) in [6.07, 6.45) is 3.28. The van der Waals surface area contributed by atoms with Crippen molar-refractivity contribution in [2.24, 2.45) is 11.8 Å². The lowest BCUT2D eigenvalue weighted by atomic mass is 10.0. The fraction of sp³-hybridized carbons (Fsp3) is 0.417. The van der Waals surface area contributed by atoms with Crippen LogP contribution >= 0.6 is 23.4 Å². The van der Waals surface area contributed by atoms with E-state index in [9.17, 15) is 9.90 Å². The number of pyridine rings is 1. The quantitative estimate of drug-likeness (QED) is 0.392. The van der Waals surface area contributed by atoms with Crippen molar-refractivity contribution >= 4 is 46.3 Å². The predicted octanol–water partition coefficient (Wildman–Crippen LogP) is 4.73. The number of nitrogens with one attached hydrogen (secondary N) is 1. The van der Waals surface area contributed by atoms with Crippen LogP contribution in [-0.4, -0.2) is 57.1 Å². The second-order valence-corrected chi connectivity index (χ2v) is 10.8. The van der Waals surface area contributed by atoms with Crippen LogP contribution in [0.5, 0.6) is 5.75 Å². The lowest BCUT2D eigenvalue weighted by Gasteiger charge is -2.25. The molecule has 178 valence electrons.